The highest BCUT2D eigenvalue weighted by Crippen LogP contribution is 2.45. The molecule has 0 saturated carbocycles. The van der Waals surface area contributed by atoms with Crippen LogP contribution < -0.4 is 20.7 Å². The highest BCUT2D eigenvalue weighted by Gasteiger charge is 2.32. The molecule has 1 aromatic carbocycles. The van der Waals surface area contributed by atoms with Gasteiger partial charge in [0.15, 0.2) is 0 Å². The van der Waals surface area contributed by atoms with Crippen LogP contribution in [0.25, 0.3) is 11.1 Å². The van der Waals surface area contributed by atoms with Crippen molar-refractivity contribution in [3.63, 3.8) is 0 Å². The van der Waals surface area contributed by atoms with Crippen molar-refractivity contribution in [3.05, 3.63) is 53.2 Å². The van der Waals surface area contributed by atoms with Crippen molar-refractivity contribution in [1.29, 1.82) is 0 Å². The molecule has 154 valence electrons. The number of rotatable bonds is 4. The second-order valence-electron chi connectivity index (χ2n) is 7.79. The number of ether oxygens (including phenoxy) is 1. The standard InChI is InChI=1S/C22H23FN6O/c1-12-3-4-15(10-26-12)30-22-27-19-9-16-17(7-13(23)8-18(16)25-2)20(19)21(28-22)29-6-5-14(24)11-29/h3-4,7-8,10,14,25H,5-6,9,11,24H2,1-2H3/t14-/m1/s1. The molecule has 1 aliphatic heterocycles. The van der Waals surface area contributed by atoms with Crippen LogP contribution in [0, 0.1) is 12.7 Å². The number of nitrogens with zero attached hydrogens (tertiary/aromatic N) is 4. The van der Waals surface area contributed by atoms with Gasteiger partial charge in [0.05, 0.1) is 11.9 Å². The number of aryl methyl sites for hydroxylation is 1. The summed E-state index contributed by atoms with van der Waals surface area (Å²) in [4.78, 5) is 15.8. The summed E-state index contributed by atoms with van der Waals surface area (Å²) in [7, 11) is 1.79. The van der Waals surface area contributed by atoms with E-state index in [0.29, 0.717) is 18.7 Å². The molecule has 7 nitrogen and oxygen atoms in total. The van der Waals surface area contributed by atoms with Crippen LogP contribution >= 0.6 is 0 Å². The minimum absolute atomic E-state index is 0.0857. The number of anilines is 2. The van der Waals surface area contributed by atoms with E-state index in [-0.39, 0.29) is 17.9 Å². The first-order chi connectivity index (χ1) is 14.5. The zero-order valence-electron chi connectivity index (χ0n) is 16.9. The smallest absolute Gasteiger partial charge is 0.324 e. The number of fused-ring (bicyclic) bond motifs is 3. The highest BCUT2D eigenvalue weighted by atomic mass is 19.1. The first kappa shape index (κ1) is 18.7. The number of benzene rings is 1. The number of pyridine rings is 1. The van der Waals surface area contributed by atoms with Crippen LogP contribution in [0.4, 0.5) is 15.9 Å². The van der Waals surface area contributed by atoms with E-state index in [1.54, 1.807) is 19.3 Å². The molecule has 3 aromatic rings. The molecule has 1 atom stereocenters. The van der Waals surface area contributed by atoms with Gasteiger partial charge in [-0.05, 0) is 48.7 Å². The lowest BCUT2D eigenvalue weighted by molar-refractivity contribution is 0.438. The summed E-state index contributed by atoms with van der Waals surface area (Å²) >= 11 is 0. The maximum absolute atomic E-state index is 14.3. The molecule has 1 fully saturated rings. The van der Waals surface area contributed by atoms with Crippen LogP contribution in [-0.4, -0.2) is 41.1 Å². The van der Waals surface area contributed by atoms with Crippen molar-refractivity contribution in [2.75, 3.05) is 30.4 Å². The van der Waals surface area contributed by atoms with E-state index < -0.39 is 0 Å². The third-order valence-electron chi connectivity index (χ3n) is 5.66. The Hall–Kier alpha value is -3.26. The Morgan fingerprint density at radius 1 is 1.27 bits per heavy atom. The Labute approximate surface area is 174 Å². The molecule has 2 aliphatic rings. The van der Waals surface area contributed by atoms with Gasteiger partial charge < -0.3 is 20.7 Å². The van der Waals surface area contributed by atoms with Gasteiger partial charge in [0.1, 0.15) is 17.4 Å². The Morgan fingerprint density at radius 2 is 2.13 bits per heavy atom. The fourth-order valence-electron chi connectivity index (χ4n) is 4.19. The van der Waals surface area contributed by atoms with Gasteiger partial charge >= 0.3 is 6.01 Å². The van der Waals surface area contributed by atoms with E-state index in [9.17, 15) is 4.39 Å². The largest absolute Gasteiger partial charge is 0.423 e. The molecule has 3 N–H and O–H groups in total. The normalized spacial score (nSPS) is 17.1. The van der Waals surface area contributed by atoms with Gasteiger partial charge in [0.25, 0.3) is 0 Å². The minimum atomic E-state index is -0.291. The summed E-state index contributed by atoms with van der Waals surface area (Å²) in [5, 5.41) is 3.10. The predicted octanol–water partition coefficient (Wildman–Crippen LogP) is 3.26. The number of hydrogen-bond donors (Lipinski definition) is 2. The van der Waals surface area contributed by atoms with Crippen molar-refractivity contribution in [1.82, 2.24) is 15.0 Å². The van der Waals surface area contributed by atoms with Crippen LogP contribution in [-0.2, 0) is 6.42 Å². The Bertz CT molecular complexity index is 1120. The van der Waals surface area contributed by atoms with E-state index in [4.69, 9.17) is 15.5 Å². The summed E-state index contributed by atoms with van der Waals surface area (Å²) in [5.74, 6) is 1.03. The second-order valence-corrected chi connectivity index (χ2v) is 7.79. The van der Waals surface area contributed by atoms with Crippen molar-refractivity contribution in [2.45, 2.75) is 25.8 Å². The summed E-state index contributed by atoms with van der Waals surface area (Å²) in [6, 6.07) is 7.14. The van der Waals surface area contributed by atoms with Crippen LogP contribution in [0.2, 0.25) is 0 Å². The maximum Gasteiger partial charge on any atom is 0.324 e. The zero-order valence-corrected chi connectivity index (χ0v) is 16.9. The Kier molecular flexibility index (Phi) is 4.51. The van der Waals surface area contributed by atoms with Crippen LogP contribution in [0.1, 0.15) is 23.4 Å². The van der Waals surface area contributed by atoms with E-state index in [1.165, 1.54) is 6.07 Å². The molecule has 2 aromatic heterocycles. The molecule has 0 amide bonds. The van der Waals surface area contributed by atoms with E-state index in [1.807, 2.05) is 19.1 Å². The quantitative estimate of drug-likeness (QED) is 0.538. The van der Waals surface area contributed by atoms with E-state index in [2.05, 4.69) is 20.2 Å². The second kappa shape index (κ2) is 7.21. The lowest BCUT2D eigenvalue weighted by atomic mass is 10.0. The molecule has 1 saturated heterocycles. The average Bonchev–Trinajstić information content (AvgIpc) is 3.32. The number of hydrogen-bond acceptors (Lipinski definition) is 7. The predicted molar refractivity (Wildman–Crippen MR) is 114 cm³/mol. The molecule has 0 unspecified atom stereocenters. The van der Waals surface area contributed by atoms with Crippen molar-refractivity contribution in [2.24, 2.45) is 5.73 Å². The van der Waals surface area contributed by atoms with Gasteiger partial charge in [-0.3, -0.25) is 4.98 Å². The van der Waals surface area contributed by atoms with E-state index in [0.717, 1.165) is 52.5 Å². The number of aromatic nitrogens is 3. The molecular weight excluding hydrogens is 383 g/mol. The number of nitrogens with one attached hydrogen (secondary N) is 1. The summed E-state index contributed by atoms with van der Waals surface area (Å²) in [5.41, 5.74) is 11.4. The lowest BCUT2D eigenvalue weighted by Crippen LogP contribution is -2.27. The van der Waals surface area contributed by atoms with Crippen LogP contribution in [0.3, 0.4) is 0 Å². The average molecular weight is 406 g/mol. The molecule has 3 heterocycles. The monoisotopic (exact) mass is 406 g/mol. The molecule has 1 aliphatic carbocycles. The summed E-state index contributed by atoms with van der Waals surface area (Å²) < 4.78 is 20.3. The number of halogens is 1. The van der Waals surface area contributed by atoms with Crippen molar-refractivity contribution >= 4 is 11.5 Å². The first-order valence-corrected chi connectivity index (χ1v) is 10.0. The molecule has 5 rings (SSSR count). The third-order valence-corrected chi connectivity index (χ3v) is 5.66. The number of nitrogens with two attached hydrogens (primary N) is 1. The van der Waals surface area contributed by atoms with Gasteiger partial charge in [-0.25, -0.2) is 4.39 Å². The van der Waals surface area contributed by atoms with Crippen LogP contribution in [0.15, 0.2) is 30.5 Å². The molecule has 0 spiro atoms. The van der Waals surface area contributed by atoms with Gasteiger partial charge in [0, 0.05) is 49.5 Å². The third kappa shape index (κ3) is 3.23. The molecular formula is C22H23FN6O. The van der Waals surface area contributed by atoms with Gasteiger partial charge in [-0.15, -0.1) is 0 Å². The SMILES string of the molecule is CNc1cc(F)cc2c1Cc1nc(Oc3ccc(C)nc3)nc(N3CC[C@@H](N)C3)c1-2. The lowest BCUT2D eigenvalue weighted by Gasteiger charge is -2.21. The summed E-state index contributed by atoms with van der Waals surface area (Å²) in [6.45, 7) is 3.40. The fraction of sp³-hybridized carbons (Fsp3) is 0.318. The molecule has 0 bridgehead atoms. The highest BCUT2D eigenvalue weighted by molar-refractivity contribution is 5.88. The molecule has 0 radical (unpaired) electrons. The van der Waals surface area contributed by atoms with Gasteiger partial charge in [-0.1, -0.05) is 0 Å². The van der Waals surface area contributed by atoms with E-state index >= 15 is 0 Å². The fourth-order valence-corrected chi connectivity index (χ4v) is 4.19. The van der Waals surface area contributed by atoms with Crippen molar-refractivity contribution in [3.8, 4) is 22.9 Å². The van der Waals surface area contributed by atoms with Crippen LogP contribution in [0.5, 0.6) is 11.8 Å². The Morgan fingerprint density at radius 3 is 2.83 bits per heavy atom. The summed E-state index contributed by atoms with van der Waals surface area (Å²) in [6.07, 6.45) is 3.12. The zero-order chi connectivity index (χ0) is 20.8. The molecule has 8 heteroatoms. The molecule has 30 heavy (non-hydrogen) atoms. The topological polar surface area (TPSA) is 89.2 Å². The van der Waals surface area contributed by atoms with Crippen molar-refractivity contribution < 1.29 is 9.13 Å². The minimum Gasteiger partial charge on any atom is -0.423 e. The van der Waals surface area contributed by atoms with Gasteiger partial charge in [-0.2, -0.15) is 9.97 Å². The maximum atomic E-state index is 14.3. The van der Waals surface area contributed by atoms with Gasteiger partial charge in [0.2, 0.25) is 0 Å². The first-order valence-electron chi connectivity index (χ1n) is 10.0. The Balaban J connectivity index is 1.63.